The normalized spacial score (nSPS) is 33.1. The number of aromatic nitrogens is 2. The zero-order valence-electron chi connectivity index (χ0n) is 9.94. The van der Waals surface area contributed by atoms with Gasteiger partial charge in [-0.2, -0.15) is 16.1 Å². The second kappa shape index (κ2) is 4.74. The van der Waals surface area contributed by atoms with E-state index in [0.717, 1.165) is 36.2 Å². The molecule has 17 heavy (non-hydrogen) atoms. The molecule has 1 N–H and O–H groups in total. The van der Waals surface area contributed by atoms with E-state index in [9.17, 15) is 0 Å². The van der Waals surface area contributed by atoms with Crippen molar-refractivity contribution in [1.82, 2.24) is 9.36 Å². The summed E-state index contributed by atoms with van der Waals surface area (Å²) in [6, 6.07) is 0.495. The third kappa shape index (κ3) is 2.58. The SMILES string of the molecule is Cc1nsc(NC2CCOC3(CCSC3)C2)n1. The van der Waals surface area contributed by atoms with Crippen molar-refractivity contribution in [1.29, 1.82) is 0 Å². The first-order valence-electron chi connectivity index (χ1n) is 6.04. The third-order valence-corrected chi connectivity index (χ3v) is 5.38. The molecule has 3 rings (SSSR count). The second-order valence-corrected chi connectivity index (χ2v) is 6.67. The van der Waals surface area contributed by atoms with Crippen LogP contribution in [0.2, 0.25) is 0 Å². The summed E-state index contributed by atoms with van der Waals surface area (Å²) in [6.07, 6.45) is 3.38. The number of hydrogen-bond donors (Lipinski definition) is 1. The second-order valence-electron chi connectivity index (χ2n) is 4.81. The van der Waals surface area contributed by atoms with Crippen LogP contribution in [0.25, 0.3) is 0 Å². The van der Waals surface area contributed by atoms with E-state index in [0.29, 0.717) is 6.04 Å². The van der Waals surface area contributed by atoms with Crippen molar-refractivity contribution < 1.29 is 4.74 Å². The Labute approximate surface area is 110 Å². The molecule has 1 spiro atoms. The molecular weight excluding hydrogens is 254 g/mol. The fourth-order valence-corrected chi connectivity index (χ4v) is 4.57. The average molecular weight is 271 g/mol. The van der Waals surface area contributed by atoms with E-state index in [-0.39, 0.29) is 5.60 Å². The summed E-state index contributed by atoms with van der Waals surface area (Å²) in [5, 5.41) is 4.46. The smallest absolute Gasteiger partial charge is 0.202 e. The van der Waals surface area contributed by atoms with Gasteiger partial charge in [-0.15, -0.1) is 0 Å². The molecule has 0 amide bonds. The highest BCUT2D eigenvalue weighted by Gasteiger charge is 2.40. The summed E-state index contributed by atoms with van der Waals surface area (Å²) in [4.78, 5) is 4.37. The van der Waals surface area contributed by atoms with Crippen LogP contribution in [0.3, 0.4) is 0 Å². The van der Waals surface area contributed by atoms with Gasteiger partial charge in [0.15, 0.2) is 0 Å². The number of hydrogen-bond acceptors (Lipinski definition) is 6. The van der Waals surface area contributed by atoms with Gasteiger partial charge in [-0.05, 0) is 31.9 Å². The van der Waals surface area contributed by atoms with Gasteiger partial charge in [-0.25, -0.2) is 4.98 Å². The number of thioether (sulfide) groups is 1. The van der Waals surface area contributed by atoms with Crippen molar-refractivity contribution in [2.45, 2.75) is 37.8 Å². The van der Waals surface area contributed by atoms with Gasteiger partial charge in [-0.1, -0.05) is 0 Å². The molecule has 3 heterocycles. The molecule has 2 fully saturated rings. The molecule has 0 bridgehead atoms. The largest absolute Gasteiger partial charge is 0.374 e. The maximum atomic E-state index is 6.01. The summed E-state index contributed by atoms with van der Waals surface area (Å²) < 4.78 is 10.2. The van der Waals surface area contributed by atoms with Crippen LogP contribution in [0.15, 0.2) is 0 Å². The molecule has 1 aromatic heterocycles. The Bertz CT molecular complexity index is 390. The molecule has 2 unspecified atom stereocenters. The summed E-state index contributed by atoms with van der Waals surface area (Å²) in [5.74, 6) is 3.25. The quantitative estimate of drug-likeness (QED) is 0.894. The number of nitrogens with one attached hydrogen (secondary N) is 1. The van der Waals surface area contributed by atoms with Gasteiger partial charge >= 0.3 is 0 Å². The lowest BCUT2D eigenvalue weighted by Gasteiger charge is -2.37. The molecule has 2 saturated heterocycles. The molecule has 0 aromatic carbocycles. The Hall–Kier alpha value is -0.330. The van der Waals surface area contributed by atoms with Gasteiger partial charge in [-0.3, -0.25) is 0 Å². The van der Waals surface area contributed by atoms with Gasteiger partial charge < -0.3 is 10.1 Å². The minimum absolute atomic E-state index is 0.139. The Morgan fingerprint density at radius 3 is 3.18 bits per heavy atom. The number of nitrogens with zero attached hydrogens (tertiary/aromatic N) is 2. The Balaban J connectivity index is 1.64. The van der Waals surface area contributed by atoms with Crippen LogP contribution in [-0.2, 0) is 4.74 Å². The van der Waals surface area contributed by atoms with Crippen molar-refractivity contribution in [3.8, 4) is 0 Å². The van der Waals surface area contributed by atoms with Gasteiger partial charge in [0.05, 0.1) is 5.60 Å². The molecule has 0 saturated carbocycles. The van der Waals surface area contributed by atoms with Crippen LogP contribution >= 0.6 is 23.3 Å². The van der Waals surface area contributed by atoms with Crippen LogP contribution in [0.4, 0.5) is 5.13 Å². The van der Waals surface area contributed by atoms with E-state index in [1.54, 1.807) is 0 Å². The lowest BCUT2D eigenvalue weighted by molar-refractivity contribution is -0.0628. The van der Waals surface area contributed by atoms with Crippen molar-refractivity contribution in [2.75, 3.05) is 23.4 Å². The third-order valence-electron chi connectivity index (χ3n) is 3.42. The molecule has 0 radical (unpaired) electrons. The number of ether oxygens (including phenoxy) is 1. The predicted molar refractivity (Wildman–Crippen MR) is 71.9 cm³/mol. The number of anilines is 1. The summed E-state index contributed by atoms with van der Waals surface area (Å²) in [6.45, 7) is 2.80. The standard InChI is InChI=1S/C11H17N3OS2/c1-8-12-10(17-14-8)13-9-2-4-15-11(6-9)3-5-16-7-11/h9H,2-7H2,1H3,(H,12,13,14). The molecule has 0 aliphatic carbocycles. The lowest BCUT2D eigenvalue weighted by Crippen LogP contribution is -2.44. The molecule has 1 aromatic rings. The van der Waals surface area contributed by atoms with E-state index in [1.165, 1.54) is 23.7 Å². The molecule has 2 aliphatic heterocycles. The van der Waals surface area contributed by atoms with Gasteiger partial charge in [0.25, 0.3) is 0 Å². The number of rotatable bonds is 2. The summed E-state index contributed by atoms with van der Waals surface area (Å²) in [7, 11) is 0. The van der Waals surface area contributed by atoms with E-state index < -0.39 is 0 Å². The van der Waals surface area contributed by atoms with Crippen LogP contribution in [-0.4, -0.2) is 39.1 Å². The van der Waals surface area contributed by atoms with Crippen molar-refractivity contribution >= 4 is 28.4 Å². The molecular formula is C11H17N3OS2. The van der Waals surface area contributed by atoms with Gasteiger partial charge in [0.2, 0.25) is 5.13 Å². The zero-order chi connectivity index (χ0) is 11.7. The Morgan fingerprint density at radius 1 is 1.53 bits per heavy atom. The molecule has 4 nitrogen and oxygen atoms in total. The van der Waals surface area contributed by atoms with Crippen molar-refractivity contribution in [3.05, 3.63) is 5.82 Å². The fraction of sp³-hybridized carbons (Fsp3) is 0.818. The van der Waals surface area contributed by atoms with Crippen LogP contribution in [0.5, 0.6) is 0 Å². The van der Waals surface area contributed by atoms with E-state index in [4.69, 9.17) is 4.74 Å². The Morgan fingerprint density at radius 2 is 2.47 bits per heavy atom. The van der Waals surface area contributed by atoms with E-state index >= 15 is 0 Å². The topological polar surface area (TPSA) is 47.0 Å². The van der Waals surface area contributed by atoms with Crippen LogP contribution in [0, 0.1) is 6.92 Å². The molecule has 2 aliphatic rings. The van der Waals surface area contributed by atoms with E-state index in [2.05, 4.69) is 14.7 Å². The van der Waals surface area contributed by atoms with Crippen LogP contribution < -0.4 is 5.32 Å². The first-order valence-corrected chi connectivity index (χ1v) is 7.97. The lowest BCUT2D eigenvalue weighted by atomic mass is 9.90. The predicted octanol–water partition coefficient (Wildman–Crippen LogP) is 2.31. The minimum atomic E-state index is 0.139. The van der Waals surface area contributed by atoms with Crippen LogP contribution in [0.1, 0.15) is 25.1 Å². The van der Waals surface area contributed by atoms with Crippen molar-refractivity contribution in [3.63, 3.8) is 0 Å². The summed E-state index contributed by atoms with van der Waals surface area (Å²) in [5.41, 5.74) is 0.139. The van der Waals surface area contributed by atoms with E-state index in [1.807, 2.05) is 18.7 Å². The zero-order valence-corrected chi connectivity index (χ0v) is 11.6. The highest BCUT2D eigenvalue weighted by Crippen LogP contribution is 2.38. The molecule has 2 atom stereocenters. The molecule has 6 heteroatoms. The maximum absolute atomic E-state index is 6.01. The minimum Gasteiger partial charge on any atom is -0.374 e. The Kier molecular flexibility index (Phi) is 3.28. The highest BCUT2D eigenvalue weighted by molar-refractivity contribution is 7.99. The van der Waals surface area contributed by atoms with Crippen molar-refractivity contribution in [2.24, 2.45) is 0 Å². The average Bonchev–Trinajstić information content (AvgIpc) is 2.89. The highest BCUT2D eigenvalue weighted by atomic mass is 32.2. The number of aryl methyl sites for hydroxylation is 1. The first kappa shape index (κ1) is 11.7. The molecule has 94 valence electrons. The van der Waals surface area contributed by atoms with Gasteiger partial charge in [0.1, 0.15) is 5.82 Å². The monoisotopic (exact) mass is 271 g/mol. The first-order chi connectivity index (χ1) is 8.26. The fourth-order valence-electron chi connectivity index (χ4n) is 2.54. The summed E-state index contributed by atoms with van der Waals surface area (Å²) >= 11 is 3.47. The van der Waals surface area contributed by atoms with Gasteiger partial charge in [0, 0.05) is 29.9 Å². The maximum Gasteiger partial charge on any atom is 0.202 e.